The van der Waals surface area contributed by atoms with Crippen molar-refractivity contribution in [2.24, 2.45) is 17.8 Å². The van der Waals surface area contributed by atoms with E-state index in [0.29, 0.717) is 61.2 Å². The molecular weight excluding hydrogens is 512 g/mol. The van der Waals surface area contributed by atoms with Gasteiger partial charge in [0.2, 0.25) is 5.91 Å². The summed E-state index contributed by atoms with van der Waals surface area (Å²) in [5, 5.41) is 6.62. The lowest BCUT2D eigenvalue weighted by molar-refractivity contribution is -0.118. The van der Waals surface area contributed by atoms with E-state index < -0.39 is 5.41 Å². The molecule has 4 unspecified atom stereocenters. The van der Waals surface area contributed by atoms with Gasteiger partial charge in [0.1, 0.15) is 5.75 Å². The van der Waals surface area contributed by atoms with Gasteiger partial charge in [-0.1, -0.05) is 0 Å². The van der Waals surface area contributed by atoms with Crippen LogP contribution in [0.15, 0.2) is 30.5 Å². The average molecular weight is 549 g/mol. The van der Waals surface area contributed by atoms with Gasteiger partial charge in [-0.25, -0.2) is 10.4 Å². The summed E-state index contributed by atoms with van der Waals surface area (Å²) >= 11 is 0. The number of aromatic nitrogens is 1. The topological polar surface area (TPSA) is 126 Å². The highest BCUT2D eigenvalue weighted by molar-refractivity contribution is 6.09. The van der Waals surface area contributed by atoms with E-state index in [9.17, 15) is 9.59 Å². The van der Waals surface area contributed by atoms with Gasteiger partial charge in [0.25, 0.3) is 5.91 Å². The molecule has 0 bridgehead atoms. The molecule has 2 aliphatic carbocycles. The summed E-state index contributed by atoms with van der Waals surface area (Å²) < 4.78 is 16.4. The van der Waals surface area contributed by atoms with E-state index in [1.165, 1.54) is 0 Å². The number of rotatable bonds is 6. The highest BCUT2D eigenvalue weighted by atomic mass is 16.5. The van der Waals surface area contributed by atoms with Crippen LogP contribution in [0, 0.1) is 17.8 Å². The van der Waals surface area contributed by atoms with E-state index in [4.69, 9.17) is 14.2 Å². The highest BCUT2D eigenvalue weighted by Crippen LogP contribution is 2.65. The molecule has 4 heterocycles. The fraction of sp³-hybridized carbons (Fsp3) is 0.552. The molecule has 40 heavy (non-hydrogen) atoms. The summed E-state index contributed by atoms with van der Waals surface area (Å²) in [6.45, 7) is 2.26. The van der Waals surface area contributed by atoms with Gasteiger partial charge >= 0.3 is 0 Å². The van der Waals surface area contributed by atoms with E-state index in [2.05, 4.69) is 26.5 Å². The van der Waals surface area contributed by atoms with E-state index >= 15 is 0 Å². The second kappa shape index (κ2) is 9.90. The number of carbonyl (C=O) groups is 2. The SMILES string of the molecule is COc1ccc2c(c1)[C@]1(C[C@H]1C1CCC3C(C1)NNC3Nc1ncc(C(=O)N3CCOCC3)cc1OC)C(=O)N2. The molecule has 5 aliphatic rings. The Balaban J connectivity index is 1.01. The van der Waals surface area contributed by atoms with Gasteiger partial charge in [0.05, 0.1) is 44.6 Å². The maximum absolute atomic E-state index is 13.1. The fourth-order valence-corrected chi connectivity index (χ4v) is 7.44. The van der Waals surface area contributed by atoms with Crippen LogP contribution in [0.25, 0.3) is 0 Å². The van der Waals surface area contributed by atoms with Crippen LogP contribution in [0.1, 0.15) is 41.6 Å². The molecule has 1 aromatic carbocycles. The smallest absolute Gasteiger partial charge is 0.255 e. The summed E-state index contributed by atoms with van der Waals surface area (Å²) in [5.74, 6) is 3.18. The third-order valence-corrected chi connectivity index (χ3v) is 9.65. The number of nitrogens with zero attached hydrogens (tertiary/aromatic N) is 2. The number of hydrogen-bond donors (Lipinski definition) is 4. The van der Waals surface area contributed by atoms with Crippen LogP contribution in [0.2, 0.25) is 0 Å². The van der Waals surface area contributed by atoms with Crippen LogP contribution in [-0.2, 0) is 14.9 Å². The highest BCUT2D eigenvalue weighted by Gasteiger charge is 2.67. The number of hydrazine groups is 1. The molecule has 2 saturated heterocycles. The molecule has 11 heteroatoms. The average Bonchev–Trinajstić information content (AvgIpc) is 3.55. The van der Waals surface area contributed by atoms with Crippen molar-refractivity contribution < 1.29 is 23.8 Å². The number of fused-ring (bicyclic) bond motifs is 3. The maximum atomic E-state index is 13.1. The first kappa shape index (κ1) is 25.6. The van der Waals surface area contributed by atoms with Crippen molar-refractivity contribution in [3.63, 3.8) is 0 Å². The molecule has 0 radical (unpaired) electrons. The number of morpholine rings is 1. The van der Waals surface area contributed by atoms with Gasteiger partial charge in [-0.2, -0.15) is 0 Å². The van der Waals surface area contributed by atoms with E-state index in [0.717, 1.165) is 42.7 Å². The van der Waals surface area contributed by atoms with Crippen molar-refractivity contribution in [1.29, 1.82) is 0 Å². The molecular formula is C29H36N6O5. The van der Waals surface area contributed by atoms with Crippen LogP contribution in [0.4, 0.5) is 11.5 Å². The van der Waals surface area contributed by atoms with Crippen molar-refractivity contribution in [1.82, 2.24) is 20.7 Å². The molecule has 2 saturated carbocycles. The summed E-state index contributed by atoms with van der Waals surface area (Å²) in [7, 11) is 3.26. The zero-order chi connectivity index (χ0) is 27.4. The van der Waals surface area contributed by atoms with Crippen LogP contribution in [0.5, 0.6) is 11.5 Å². The molecule has 4 fully saturated rings. The van der Waals surface area contributed by atoms with Crippen molar-refractivity contribution in [2.45, 2.75) is 43.3 Å². The predicted molar refractivity (Wildman–Crippen MR) is 147 cm³/mol. The van der Waals surface area contributed by atoms with Crippen molar-refractivity contribution in [3.05, 3.63) is 41.6 Å². The van der Waals surface area contributed by atoms with Crippen molar-refractivity contribution >= 4 is 23.3 Å². The molecule has 1 aromatic heterocycles. The zero-order valence-electron chi connectivity index (χ0n) is 22.9. The van der Waals surface area contributed by atoms with Crippen LogP contribution in [0.3, 0.4) is 0 Å². The number of anilines is 2. The summed E-state index contributed by atoms with van der Waals surface area (Å²) in [5.41, 5.74) is 9.04. The maximum Gasteiger partial charge on any atom is 0.255 e. The Labute approximate surface area is 233 Å². The summed E-state index contributed by atoms with van der Waals surface area (Å²) in [4.78, 5) is 32.4. The van der Waals surface area contributed by atoms with Gasteiger partial charge in [-0.05, 0) is 67.3 Å². The number of amides is 2. The first-order valence-corrected chi connectivity index (χ1v) is 14.2. The Hall–Kier alpha value is -3.41. The third kappa shape index (κ3) is 4.10. The molecule has 3 aliphatic heterocycles. The van der Waals surface area contributed by atoms with Gasteiger partial charge in [-0.3, -0.25) is 15.0 Å². The van der Waals surface area contributed by atoms with Crippen molar-refractivity contribution in [3.8, 4) is 11.5 Å². The summed E-state index contributed by atoms with van der Waals surface area (Å²) in [6.07, 6.45) is 5.59. The number of pyridine rings is 1. The lowest BCUT2D eigenvalue weighted by Crippen LogP contribution is -2.41. The first-order chi connectivity index (χ1) is 19.5. The second-order valence-electron chi connectivity index (χ2n) is 11.6. The molecule has 6 atom stereocenters. The minimum atomic E-state index is -0.414. The predicted octanol–water partition coefficient (Wildman–Crippen LogP) is 2.11. The molecule has 2 amide bonds. The normalized spacial score (nSPS) is 32.3. The minimum absolute atomic E-state index is 0.0268. The molecule has 11 nitrogen and oxygen atoms in total. The Morgan fingerprint density at radius 2 is 2.00 bits per heavy atom. The quantitative estimate of drug-likeness (QED) is 0.429. The lowest BCUT2D eigenvalue weighted by Gasteiger charge is -2.34. The van der Waals surface area contributed by atoms with Crippen LogP contribution < -0.4 is 31.0 Å². The number of hydrogen-bond acceptors (Lipinski definition) is 9. The standard InChI is InChI=1S/C29H36N6O5/c1-38-18-4-6-22-20(13-18)29(28(37)31-22)14-21(29)16-3-5-19-23(11-16)33-34-25(19)32-26-24(39-2)12-17(15-30-26)27(36)35-7-9-40-10-8-35/h4,6,12-13,15-16,19,21,23,25,33-34H,3,5,7-11,14H2,1-2H3,(H,30,32)(H,31,37)/t16?,19?,21-,23?,25?,29-/m0/s1. The second-order valence-corrected chi connectivity index (χ2v) is 11.6. The molecule has 2 aromatic rings. The molecule has 1 spiro atoms. The van der Waals surface area contributed by atoms with Gasteiger partial charge in [0.15, 0.2) is 11.6 Å². The number of carbonyl (C=O) groups excluding carboxylic acids is 2. The number of ether oxygens (including phenoxy) is 3. The summed E-state index contributed by atoms with van der Waals surface area (Å²) in [6, 6.07) is 7.95. The Kier molecular flexibility index (Phi) is 6.32. The van der Waals surface area contributed by atoms with Gasteiger partial charge in [0, 0.05) is 36.9 Å². The largest absolute Gasteiger partial charge is 0.497 e. The van der Waals surface area contributed by atoms with Gasteiger partial charge < -0.3 is 29.7 Å². The molecule has 212 valence electrons. The minimum Gasteiger partial charge on any atom is -0.497 e. The van der Waals surface area contributed by atoms with Crippen LogP contribution >= 0.6 is 0 Å². The first-order valence-electron chi connectivity index (χ1n) is 14.2. The monoisotopic (exact) mass is 548 g/mol. The van der Waals surface area contributed by atoms with Gasteiger partial charge in [-0.15, -0.1) is 0 Å². The zero-order valence-corrected chi connectivity index (χ0v) is 22.9. The van der Waals surface area contributed by atoms with Crippen LogP contribution in [-0.4, -0.2) is 74.4 Å². The number of nitrogens with one attached hydrogen (secondary N) is 4. The Morgan fingerprint density at radius 3 is 2.80 bits per heavy atom. The van der Waals surface area contributed by atoms with E-state index in [-0.39, 0.29) is 24.0 Å². The third-order valence-electron chi connectivity index (χ3n) is 9.65. The van der Waals surface area contributed by atoms with E-state index in [1.807, 2.05) is 18.2 Å². The molecule has 4 N–H and O–H groups in total. The molecule has 7 rings (SSSR count). The van der Waals surface area contributed by atoms with Crippen molar-refractivity contribution in [2.75, 3.05) is 51.2 Å². The number of methoxy groups -OCH3 is 2. The Morgan fingerprint density at radius 1 is 1.15 bits per heavy atom. The fourth-order valence-electron chi connectivity index (χ4n) is 7.44. The van der Waals surface area contributed by atoms with E-state index in [1.54, 1.807) is 31.4 Å². The Bertz CT molecular complexity index is 1330. The lowest BCUT2D eigenvalue weighted by atomic mass is 9.74. The number of benzene rings is 1.